The molecule has 1 aliphatic rings. The Hall–Kier alpha value is -2.21. The summed E-state index contributed by atoms with van der Waals surface area (Å²) in [4.78, 5) is 12.0. The maximum absolute atomic E-state index is 13.5. The predicted molar refractivity (Wildman–Crippen MR) is 88.6 cm³/mol. The van der Waals surface area contributed by atoms with Gasteiger partial charge in [0.2, 0.25) is 5.91 Å². The van der Waals surface area contributed by atoms with Crippen LogP contribution in [0.1, 0.15) is 5.56 Å². The number of benzene rings is 2. The number of carbonyl (C=O) groups is 1. The van der Waals surface area contributed by atoms with Gasteiger partial charge in [-0.15, -0.1) is 11.8 Å². The zero-order valence-electron chi connectivity index (χ0n) is 12.4. The second-order valence-corrected chi connectivity index (χ2v) is 5.98. The molecule has 0 bridgehead atoms. The molecule has 120 valence electrons. The third kappa shape index (κ3) is 4.16. The first-order valence-electron chi connectivity index (χ1n) is 7.23. The largest absolute Gasteiger partial charge is 0.486 e. The molecular formula is C17H16FNO3S. The number of hydrogen-bond donors (Lipinski definition) is 1. The van der Waals surface area contributed by atoms with E-state index in [0.29, 0.717) is 41.7 Å². The Morgan fingerprint density at radius 1 is 1.13 bits per heavy atom. The second-order valence-electron chi connectivity index (χ2n) is 4.99. The minimum absolute atomic E-state index is 0.136. The van der Waals surface area contributed by atoms with Crippen LogP contribution in [0.4, 0.5) is 10.1 Å². The van der Waals surface area contributed by atoms with Crippen molar-refractivity contribution in [2.24, 2.45) is 0 Å². The van der Waals surface area contributed by atoms with Crippen LogP contribution in [0.2, 0.25) is 0 Å². The van der Waals surface area contributed by atoms with Gasteiger partial charge < -0.3 is 14.8 Å². The summed E-state index contributed by atoms with van der Waals surface area (Å²) in [5.41, 5.74) is 1.26. The van der Waals surface area contributed by atoms with Gasteiger partial charge in [0.05, 0.1) is 5.75 Å². The SMILES string of the molecule is O=C(CSCc1ccccc1F)Nc1ccc2c(c1)OCCO2. The molecule has 2 aromatic carbocycles. The fourth-order valence-electron chi connectivity index (χ4n) is 2.19. The van der Waals surface area contributed by atoms with E-state index in [1.165, 1.54) is 17.8 Å². The lowest BCUT2D eigenvalue weighted by Gasteiger charge is -2.19. The van der Waals surface area contributed by atoms with Crippen LogP contribution in [0.25, 0.3) is 0 Å². The van der Waals surface area contributed by atoms with Crippen molar-refractivity contribution in [1.29, 1.82) is 0 Å². The fourth-order valence-corrected chi connectivity index (χ4v) is 3.00. The van der Waals surface area contributed by atoms with Crippen molar-refractivity contribution >= 4 is 23.4 Å². The number of carbonyl (C=O) groups excluding carboxylic acids is 1. The standard InChI is InChI=1S/C17H16FNO3S/c18-14-4-2-1-3-12(14)10-23-11-17(20)19-13-5-6-15-16(9-13)22-8-7-21-15/h1-6,9H,7-8,10-11H2,(H,19,20). The van der Waals surface area contributed by atoms with Gasteiger partial charge in [0.1, 0.15) is 19.0 Å². The second kappa shape index (κ2) is 7.37. The first kappa shape index (κ1) is 15.7. The Bertz CT molecular complexity index is 708. The van der Waals surface area contributed by atoms with Crippen LogP contribution in [0.5, 0.6) is 11.5 Å². The molecule has 0 aliphatic carbocycles. The summed E-state index contributed by atoms with van der Waals surface area (Å²) in [6.45, 7) is 1.04. The van der Waals surface area contributed by atoms with Gasteiger partial charge >= 0.3 is 0 Å². The summed E-state index contributed by atoms with van der Waals surface area (Å²) < 4.78 is 24.4. The molecule has 2 aromatic rings. The molecule has 6 heteroatoms. The Balaban J connectivity index is 1.50. The number of fused-ring (bicyclic) bond motifs is 1. The molecule has 1 heterocycles. The molecule has 0 unspecified atom stereocenters. The van der Waals surface area contributed by atoms with E-state index in [1.807, 2.05) is 0 Å². The molecule has 0 saturated carbocycles. The molecule has 0 spiro atoms. The Labute approximate surface area is 138 Å². The quantitative estimate of drug-likeness (QED) is 0.910. The molecule has 0 radical (unpaired) electrons. The summed E-state index contributed by atoms with van der Waals surface area (Å²) in [7, 11) is 0. The summed E-state index contributed by atoms with van der Waals surface area (Å²) in [6.07, 6.45) is 0. The van der Waals surface area contributed by atoms with Crippen molar-refractivity contribution in [3.8, 4) is 11.5 Å². The van der Waals surface area contributed by atoms with Crippen molar-refractivity contribution in [3.05, 3.63) is 53.8 Å². The van der Waals surface area contributed by atoms with E-state index in [-0.39, 0.29) is 17.5 Å². The van der Waals surface area contributed by atoms with Crippen molar-refractivity contribution in [2.45, 2.75) is 5.75 Å². The van der Waals surface area contributed by atoms with Gasteiger partial charge in [-0.2, -0.15) is 0 Å². The van der Waals surface area contributed by atoms with Crippen LogP contribution in [-0.4, -0.2) is 24.9 Å². The molecule has 3 rings (SSSR count). The zero-order valence-corrected chi connectivity index (χ0v) is 13.2. The molecule has 1 aliphatic heterocycles. The minimum Gasteiger partial charge on any atom is -0.486 e. The lowest BCUT2D eigenvalue weighted by Crippen LogP contribution is -2.17. The van der Waals surface area contributed by atoms with Crippen molar-refractivity contribution in [2.75, 3.05) is 24.3 Å². The molecule has 0 saturated heterocycles. The topological polar surface area (TPSA) is 47.6 Å². The summed E-state index contributed by atoms with van der Waals surface area (Å²) in [5, 5.41) is 2.80. The number of hydrogen-bond acceptors (Lipinski definition) is 4. The number of thioether (sulfide) groups is 1. The highest BCUT2D eigenvalue weighted by atomic mass is 32.2. The zero-order chi connectivity index (χ0) is 16.1. The monoisotopic (exact) mass is 333 g/mol. The first-order valence-corrected chi connectivity index (χ1v) is 8.38. The minimum atomic E-state index is -0.243. The van der Waals surface area contributed by atoms with Crippen LogP contribution in [-0.2, 0) is 10.5 Å². The van der Waals surface area contributed by atoms with Gasteiger partial charge in [0.15, 0.2) is 11.5 Å². The van der Waals surface area contributed by atoms with Gasteiger partial charge in [0, 0.05) is 17.5 Å². The average Bonchev–Trinajstić information content (AvgIpc) is 2.56. The Morgan fingerprint density at radius 3 is 2.74 bits per heavy atom. The maximum Gasteiger partial charge on any atom is 0.234 e. The van der Waals surface area contributed by atoms with Crippen molar-refractivity contribution in [1.82, 2.24) is 0 Å². The molecule has 23 heavy (non-hydrogen) atoms. The van der Waals surface area contributed by atoms with Gasteiger partial charge in [-0.3, -0.25) is 4.79 Å². The molecule has 4 nitrogen and oxygen atoms in total. The summed E-state index contributed by atoms with van der Waals surface area (Å²) in [6, 6.07) is 11.9. The number of amides is 1. The number of nitrogens with one attached hydrogen (secondary N) is 1. The van der Waals surface area contributed by atoms with Crippen LogP contribution in [0.3, 0.4) is 0 Å². The van der Waals surface area contributed by atoms with Crippen LogP contribution < -0.4 is 14.8 Å². The van der Waals surface area contributed by atoms with E-state index in [0.717, 1.165) is 0 Å². The van der Waals surface area contributed by atoms with E-state index in [4.69, 9.17) is 9.47 Å². The number of rotatable bonds is 5. The van der Waals surface area contributed by atoms with Crippen LogP contribution in [0, 0.1) is 5.82 Å². The molecule has 0 aromatic heterocycles. The summed E-state index contributed by atoms with van der Waals surface area (Å²) >= 11 is 1.37. The molecule has 1 amide bonds. The number of halogens is 1. The van der Waals surface area contributed by atoms with Gasteiger partial charge in [0.25, 0.3) is 0 Å². The smallest absolute Gasteiger partial charge is 0.234 e. The fraction of sp³-hybridized carbons (Fsp3) is 0.235. The van der Waals surface area contributed by atoms with Crippen LogP contribution in [0.15, 0.2) is 42.5 Å². The Kier molecular flexibility index (Phi) is 5.02. The highest BCUT2D eigenvalue weighted by Crippen LogP contribution is 2.32. The lowest BCUT2D eigenvalue weighted by molar-refractivity contribution is -0.113. The lowest BCUT2D eigenvalue weighted by atomic mass is 10.2. The summed E-state index contributed by atoms with van der Waals surface area (Å²) in [5.74, 6) is 1.65. The maximum atomic E-state index is 13.5. The highest BCUT2D eigenvalue weighted by Gasteiger charge is 2.13. The van der Waals surface area contributed by atoms with E-state index in [9.17, 15) is 9.18 Å². The Morgan fingerprint density at radius 2 is 1.91 bits per heavy atom. The molecule has 1 N–H and O–H groups in total. The van der Waals surface area contributed by atoms with Crippen LogP contribution >= 0.6 is 11.8 Å². The van der Waals surface area contributed by atoms with Gasteiger partial charge in [-0.05, 0) is 23.8 Å². The molecule has 0 atom stereocenters. The van der Waals surface area contributed by atoms with E-state index >= 15 is 0 Å². The van der Waals surface area contributed by atoms with Gasteiger partial charge in [-0.25, -0.2) is 4.39 Å². The third-order valence-electron chi connectivity index (χ3n) is 3.27. The number of anilines is 1. The van der Waals surface area contributed by atoms with Crippen molar-refractivity contribution < 1.29 is 18.7 Å². The van der Waals surface area contributed by atoms with E-state index in [1.54, 1.807) is 36.4 Å². The third-order valence-corrected chi connectivity index (χ3v) is 4.26. The predicted octanol–water partition coefficient (Wildman–Crippen LogP) is 3.47. The average molecular weight is 333 g/mol. The normalized spacial score (nSPS) is 12.7. The highest BCUT2D eigenvalue weighted by molar-refractivity contribution is 7.99. The number of ether oxygens (including phenoxy) is 2. The van der Waals surface area contributed by atoms with Gasteiger partial charge in [-0.1, -0.05) is 18.2 Å². The first-order chi connectivity index (χ1) is 11.2. The molecular weight excluding hydrogens is 317 g/mol. The van der Waals surface area contributed by atoms with E-state index < -0.39 is 0 Å². The molecule has 0 fully saturated rings. The van der Waals surface area contributed by atoms with E-state index in [2.05, 4.69) is 5.32 Å². The van der Waals surface area contributed by atoms with Crippen molar-refractivity contribution in [3.63, 3.8) is 0 Å².